The largest absolute Gasteiger partial charge is 0.480 e. The number of nitrogens with two attached hydrogens (primary N) is 1. The van der Waals surface area contributed by atoms with Crippen LogP contribution in [0.1, 0.15) is 22.7 Å². The molecule has 3 N–H and O–H groups in total. The Hall–Kier alpha value is -1.00. The molecule has 0 aromatic heterocycles. The summed E-state index contributed by atoms with van der Waals surface area (Å²) in [5.74, 6) is -0.992. The number of hydrogen-bond donors (Lipinski definition) is 2. The number of hydrogen-bond acceptors (Lipinski definition) is 3. The van der Waals surface area contributed by atoms with Crippen molar-refractivity contribution >= 4 is 17.7 Å². The van der Waals surface area contributed by atoms with E-state index in [1.807, 2.05) is 32.2 Å². The Labute approximate surface area is 93.7 Å². The molecule has 1 rings (SSSR count). The Kier molecular flexibility index (Phi) is 3.77. The van der Waals surface area contributed by atoms with Crippen LogP contribution in [0.5, 0.6) is 0 Å². The van der Waals surface area contributed by atoms with Gasteiger partial charge in [-0.15, -0.1) is 11.8 Å². The van der Waals surface area contributed by atoms with Crippen molar-refractivity contribution in [1.82, 2.24) is 0 Å². The number of rotatable bonds is 3. The van der Waals surface area contributed by atoms with Crippen molar-refractivity contribution in [2.24, 2.45) is 5.73 Å². The van der Waals surface area contributed by atoms with E-state index in [-0.39, 0.29) is 0 Å². The van der Waals surface area contributed by atoms with Gasteiger partial charge in [0.1, 0.15) is 6.04 Å². The summed E-state index contributed by atoms with van der Waals surface area (Å²) in [5, 5.41) is 8.88. The predicted molar refractivity (Wildman–Crippen MR) is 62.3 cm³/mol. The van der Waals surface area contributed by atoms with Crippen LogP contribution in [0.4, 0.5) is 0 Å². The molecule has 15 heavy (non-hydrogen) atoms. The van der Waals surface area contributed by atoms with Gasteiger partial charge in [-0.3, -0.25) is 4.79 Å². The quantitative estimate of drug-likeness (QED) is 0.773. The summed E-state index contributed by atoms with van der Waals surface area (Å²) in [7, 11) is 0. The highest BCUT2D eigenvalue weighted by Gasteiger charge is 2.18. The van der Waals surface area contributed by atoms with Gasteiger partial charge in [0.05, 0.1) is 0 Å². The van der Waals surface area contributed by atoms with Crippen LogP contribution in [-0.2, 0) is 4.79 Å². The average molecular weight is 225 g/mol. The highest BCUT2D eigenvalue weighted by atomic mass is 32.2. The van der Waals surface area contributed by atoms with E-state index in [1.165, 1.54) is 11.8 Å². The van der Waals surface area contributed by atoms with Crippen molar-refractivity contribution in [2.75, 3.05) is 6.26 Å². The van der Waals surface area contributed by atoms with Crippen molar-refractivity contribution in [3.63, 3.8) is 0 Å². The highest BCUT2D eigenvalue weighted by molar-refractivity contribution is 7.98. The van der Waals surface area contributed by atoms with Gasteiger partial charge in [-0.05, 0) is 42.9 Å². The first-order valence-electron chi connectivity index (χ1n) is 4.61. The maximum absolute atomic E-state index is 10.8. The van der Waals surface area contributed by atoms with Crippen molar-refractivity contribution in [2.45, 2.75) is 24.8 Å². The molecule has 0 saturated carbocycles. The van der Waals surface area contributed by atoms with Crippen LogP contribution >= 0.6 is 11.8 Å². The number of benzene rings is 1. The van der Waals surface area contributed by atoms with Crippen LogP contribution in [0.15, 0.2) is 17.0 Å². The number of carbonyl (C=O) groups is 1. The molecule has 0 aliphatic heterocycles. The fourth-order valence-electron chi connectivity index (χ4n) is 1.36. The minimum absolute atomic E-state index is 0.693. The summed E-state index contributed by atoms with van der Waals surface area (Å²) < 4.78 is 0. The summed E-state index contributed by atoms with van der Waals surface area (Å²) in [6.07, 6.45) is 1.92. The van der Waals surface area contributed by atoms with Crippen molar-refractivity contribution in [3.05, 3.63) is 28.8 Å². The molecular formula is C11H15NO2S. The lowest BCUT2D eigenvalue weighted by Crippen LogP contribution is -2.21. The van der Waals surface area contributed by atoms with Gasteiger partial charge in [-0.1, -0.05) is 6.07 Å². The Morgan fingerprint density at radius 2 is 1.93 bits per heavy atom. The summed E-state index contributed by atoms with van der Waals surface area (Å²) >= 11 is 1.52. The van der Waals surface area contributed by atoms with Crippen molar-refractivity contribution in [3.8, 4) is 0 Å². The van der Waals surface area contributed by atoms with E-state index in [0.29, 0.717) is 5.56 Å². The van der Waals surface area contributed by atoms with Crippen LogP contribution in [0.3, 0.4) is 0 Å². The molecule has 0 amide bonds. The summed E-state index contributed by atoms with van der Waals surface area (Å²) in [4.78, 5) is 11.8. The molecule has 0 saturated heterocycles. The minimum atomic E-state index is -0.992. The van der Waals surface area contributed by atoms with Crippen LogP contribution in [0.25, 0.3) is 0 Å². The first-order chi connectivity index (χ1) is 6.97. The van der Waals surface area contributed by atoms with Crippen molar-refractivity contribution in [1.29, 1.82) is 0 Å². The third-order valence-corrected chi connectivity index (χ3v) is 3.24. The monoisotopic (exact) mass is 225 g/mol. The van der Waals surface area contributed by atoms with Gasteiger partial charge in [0.2, 0.25) is 0 Å². The van der Waals surface area contributed by atoms with Gasteiger partial charge in [0.25, 0.3) is 0 Å². The van der Waals surface area contributed by atoms with Gasteiger partial charge in [0, 0.05) is 4.90 Å². The second-order valence-corrected chi connectivity index (χ2v) is 4.34. The van der Waals surface area contributed by atoms with Gasteiger partial charge in [-0.2, -0.15) is 0 Å². The zero-order valence-corrected chi connectivity index (χ0v) is 9.89. The second kappa shape index (κ2) is 4.68. The Morgan fingerprint density at radius 1 is 1.40 bits per heavy atom. The molecular weight excluding hydrogens is 210 g/mol. The van der Waals surface area contributed by atoms with E-state index in [0.717, 1.165) is 16.0 Å². The molecule has 0 spiro atoms. The molecule has 1 atom stereocenters. The SMILES string of the molecule is CSc1cc(C)c(C)cc1C(N)C(=O)O. The fourth-order valence-corrected chi connectivity index (χ4v) is 2.08. The molecule has 3 nitrogen and oxygen atoms in total. The number of thioether (sulfide) groups is 1. The van der Waals surface area contributed by atoms with Crippen LogP contribution in [-0.4, -0.2) is 17.3 Å². The Morgan fingerprint density at radius 3 is 2.40 bits per heavy atom. The zero-order chi connectivity index (χ0) is 11.6. The number of carboxylic acid groups (broad SMARTS) is 1. The van der Waals surface area contributed by atoms with Crippen LogP contribution in [0.2, 0.25) is 0 Å². The van der Waals surface area contributed by atoms with Gasteiger partial charge >= 0.3 is 5.97 Å². The normalized spacial score (nSPS) is 12.5. The summed E-state index contributed by atoms with van der Waals surface area (Å²) in [6.45, 7) is 3.96. The van der Waals surface area contributed by atoms with Gasteiger partial charge in [0.15, 0.2) is 0 Å². The molecule has 1 aromatic rings. The second-order valence-electron chi connectivity index (χ2n) is 3.49. The number of aliphatic carboxylic acids is 1. The van der Waals surface area contributed by atoms with Gasteiger partial charge in [-0.25, -0.2) is 0 Å². The van der Waals surface area contributed by atoms with E-state index in [2.05, 4.69) is 0 Å². The molecule has 0 bridgehead atoms. The van der Waals surface area contributed by atoms with E-state index in [1.54, 1.807) is 0 Å². The fraction of sp³-hybridized carbons (Fsp3) is 0.364. The first-order valence-corrected chi connectivity index (χ1v) is 5.83. The zero-order valence-electron chi connectivity index (χ0n) is 9.07. The van der Waals surface area contributed by atoms with E-state index >= 15 is 0 Å². The molecule has 0 aliphatic rings. The van der Waals surface area contributed by atoms with Crippen molar-refractivity contribution < 1.29 is 9.90 Å². The predicted octanol–water partition coefficient (Wildman–Crippen LogP) is 2.11. The molecule has 0 aliphatic carbocycles. The molecule has 82 valence electrons. The van der Waals surface area contributed by atoms with E-state index < -0.39 is 12.0 Å². The number of aryl methyl sites for hydroxylation is 2. The lowest BCUT2D eigenvalue weighted by Gasteiger charge is -2.14. The molecule has 0 radical (unpaired) electrons. The van der Waals surface area contributed by atoms with Gasteiger partial charge < -0.3 is 10.8 Å². The molecule has 1 unspecified atom stereocenters. The maximum Gasteiger partial charge on any atom is 0.325 e. The molecule has 0 heterocycles. The third-order valence-electron chi connectivity index (χ3n) is 2.45. The smallest absolute Gasteiger partial charge is 0.325 e. The topological polar surface area (TPSA) is 63.3 Å². The highest BCUT2D eigenvalue weighted by Crippen LogP contribution is 2.28. The molecule has 4 heteroatoms. The number of carboxylic acids is 1. The lowest BCUT2D eigenvalue weighted by molar-refractivity contribution is -0.138. The third kappa shape index (κ3) is 2.52. The van der Waals surface area contributed by atoms with Crippen LogP contribution < -0.4 is 5.73 Å². The van der Waals surface area contributed by atoms with E-state index in [9.17, 15) is 4.79 Å². The standard InChI is InChI=1S/C11H15NO2S/c1-6-4-8(10(12)11(13)14)9(15-3)5-7(6)2/h4-5,10H,12H2,1-3H3,(H,13,14). The average Bonchev–Trinajstić information content (AvgIpc) is 2.20. The van der Waals surface area contributed by atoms with Crippen LogP contribution in [0, 0.1) is 13.8 Å². The summed E-state index contributed by atoms with van der Waals surface area (Å²) in [5.41, 5.74) is 8.54. The first kappa shape index (κ1) is 12.1. The molecule has 1 aromatic carbocycles. The summed E-state index contributed by atoms with van der Waals surface area (Å²) in [6, 6.07) is 2.91. The minimum Gasteiger partial charge on any atom is -0.480 e. The maximum atomic E-state index is 10.8. The lowest BCUT2D eigenvalue weighted by atomic mass is 10.0. The Bertz CT molecular complexity index is 390. The molecule has 0 fully saturated rings. The Balaban J connectivity index is 3.27. The van der Waals surface area contributed by atoms with E-state index in [4.69, 9.17) is 10.8 Å².